The monoisotopic (exact) mass is 213 g/mol. The van der Waals surface area contributed by atoms with E-state index in [9.17, 15) is 4.79 Å². The second kappa shape index (κ2) is 6.08. The fraction of sp³-hybridized carbons (Fsp3) is 0.909. The van der Waals surface area contributed by atoms with Crippen molar-refractivity contribution in [2.45, 2.75) is 12.8 Å². The summed E-state index contributed by atoms with van der Waals surface area (Å²) in [5.41, 5.74) is 0. The molecule has 1 amide bonds. The summed E-state index contributed by atoms with van der Waals surface area (Å²) in [6, 6.07) is 0. The maximum Gasteiger partial charge on any atom is 0.236 e. The molecule has 0 aromatic rings. The van der Waals surface area contributed by atoms with Gasteiger partial charge in [0, 0.05) is 20.6 Å². The van der Waals surface area contributed by atoms with Gasteiger partial charge in [0.05, 0.1) is 6.54 Å². The Morgan fingerprint density at radius 1 is 1.53 bits per heavy atom. The van der Waals surface area contributed by atoms with Crippen LogP contribution in [0.2, 0.25) is 0 Å². The van der Waals surface area contributed by atoms with Gasteiger partial charge < -0.3 is 10.2 Å². The molecular formula is C11H23N3O. The fourth-order valence-electron chi connectivity index (χ4n) is 2.08. The molecule has 1 N–H and O–H groups in total. The van der Waals surface area contributed by atoms with E-state index >= 15 is 0 Å². The van der Waals surface area contributed by atoms with Crippen LogP contribution in [0.15, 0.2) is 0 Å². The minimum atomic E-state index is 0.208. The van der Waals surface area contributed by atoms with Gasteiger partial charge in [-0.3, -0.25) is 9.69 Å². The summed E-state index contributed by atoms with van der Waals surface area (Å²) in [6.07, 6.45) is 2.50. The van der Waals surface area contributed by atoms with Gasteiger partial charge in [-0.2, -0.15) is 0 Å². The van der Waals surface area contributed by atoms with Crippen molar-refractivity contribution in [1.29, 1.82) is 0 Å². The van der Waals surface area contributed by atoms with Crippen molar-refractivity contribution in [1.82, 2.24) is 15.1 Å². The molecule has 0 aromatic heterocycles. The van der Waals surface area contributed by atoms with E-state index in [1.165, 1.54) is 12.8 Å². The number of rotatable bonds is 4. The number of nitrogens with zero attached hydrogens (tertiary/aromatic N) is 2. The van der Waals surface area contributed by atoms with E-state index in [1.807, 2.05) is 21.1 Å². The number of carbonyl (C=O) groups excluding carboxylic acids is 1. The van der Waals surface area contributed by atoms with Crippen molar-refractivity contribution < 1.29 is 4.79 Å². The number of hydrogen-bond donors (Lipinski definition) is 1. The fourth-order valence-corrected chi connectivity index (χ4v) is 2.08. The Bertz CT molecular complexity index is 204. The predicted octanol–water partition coefficient (Wildman–Crippen LogP) is 0.00600. The quantitative estimate of drug-likeness (QED) is 0.714. The number of hydrogen-bond acceptors (Lipinski definition) is 3. The Hall–Kier alpha value is -0.610. The molecule has 0 aliphatic carbocycles. The van der Waals surface area contributed by atoms with Crippen LogP contribution in [0.1, 0.15) is 12.8 Å². The standard InChI is InChI=1S/C11H23N3O/c1-12-7-10-5-4-6-14(8-10)9-11(15)13(2)3/h10,12H,4-9H2,1-3H3. The van der Waals surface area contributed by atoms with Gasteiger partial charge >= 0.3 is 0 Å². The molecule has 1 unspecified atom stereocenters. The molecule has 0 radical (unpaired) electrons. The summed E-state index contributed by atoms with van der Waals surface area (Å²) in [6.45, 7) is 3.76. The highest BCUT2D eigenvalue weighted by molar-refractivity contribution is 5.77. The van der Waals surface area contributed by atoms with Gasteiger partial charge in [-0.05, 0) is 38.9 Å². The Balaban J connectivity index is 2.32. The lowest BCUT2D eigenvalue weighted by Crippen LogP contribution is -2.44. The Kier molecular flexibility index (Phi) is 5.05. The van der Waals surface area contributed by atoms with E-state index in [-0.39, 0.29) is 5.91 Å². The van der Waals surface area contributed by atoms with Crippen LogP contribution in [0.4, 0.5) is 0 Å². The molecule has 1 rings (SSSR count). The molecule has 15 heavy (non-hydrogen) atoms. The number of likely N-dealkylation sites (tertiary alicyclic amines) is 1. The number of amides is 1. The topological polar surface area (TPSA) is 35.6 Å². The molecule has 4 nitrogen and oxygen atoms in total. The molecule has 88 valence electrons. The maximum atomic E-state index is 11.5. The van der Waals surface area contributed by atoms with Gasteiger partial charge in [-0.25, -0.2) is 0 Å². The second-order valence-corrected chi connectivity index (χ2v) is 4.59. The highest BCUT2D eigenvalue weighted by atomic mass is 16.2. The number of likely N-dealkylation sites (N-methyl/N-ethyl adjacent to an activating group) is 1. The van der Waals surface area contributed by atoms with Crippen molar-refractivity contribution in [3.8, 4) is 0 Å². The van der Waals surface area contributed by atoms with Crippen LogP contribution in [0.25, 0.3) is 0 Å². The molecule has 0 aromatic carbocycles. The molecule has 1 saturated heterocycles. The molecule has 4 heteroatoms. The van der Waals surface area contributed by atoms with Crippen molar-refractivity contribution in [2.75, 3.05) is 47.3 Å². The van der Waals surface area contributed by atoms with Crippen LogP contribution in [0.3, 0.4) is 0 Å². The molecular weight excluding hydrogens is 190 g/mol. The molecule has 0 spiro atoms. The average Bonchev–Trinajstić information content (AvgIpc) is 2.18. The largest absolute Gasteiger partial charge is 0.348 e. The predicted molar refractivity (Wildman–Crippen MR) is 61.8 cm³/mol. The lowest BCUT2D eigenvalue weighted by molar-refractivity contribution is -0.130. The van der Waals surface area contributed by atoms with Crippen molar-refractivity contribution in [3.63, 3.8) is 0 Å². The second-order valence-electron chi connectivity index (χ2n) is 4.59. The first-order chi connectivity index (χ1) is 7.13. The molecule has 0 bridgehead atoms. The van der Waals surface area contributed by atoms with Crippen molar-refractivity contribution in [3.05, 3.63) is 0 Å². The van der Waals surface area contributed by atoms with Gasteiger partial charge in [0.15, 0.2) is 0 Å². The van der Waals surface area contributed by atoms with Gasteiger partial charge in [0.2, 0.25) is 5.91 Å². The molecule has 1 aliphatic rings. The summed E-state index contributed by atoms with van der Waals surface area (Å²) in [4.78, 5) is 15.5. The first-order valence-corrected chi connectivity index (χ1v) is 5.70. The Morgan fingerprint density at radius 2 is 2.27 bits per heavy atom. The Morgan fingerprint density at radius 3 is 2.87 bits per heavy atom. The normalized spacial score (nSPS) is 22.7. The molecule has 0 saturated carbocycles. The average molecular weight is 213 g/mol. The van der Waals surface area contributed by atoms with E-state index in [0.29, 0.717) is 12.5 Å². The third kappa shape index (κ3) is 4.18. The van der Waals surface area contributed by atoms with Crippen LogP contribution >= 0.6 is 0 Å². The van der Waals surface area contributed by atoms with E-state index in [4.69, 9.17) is 0 Å². The maximum absolute atomic E-state index is 11.5. The van der Waals surface area contributed by atoms with E-state index in [1.54, 1.807) is 4.90 Å². The van der Waals surface area contributed by atoms with Gasteiger partial charge in [0.25, 0.3) is 0 Å². The first-order valence-electron chi connectivity index (χ1n) is 5.70. The van der Waals surface area contributed by atoms with Gasteiger partial charge in [-0.1, -0.05) is 0 Å². The molecule has 1 heterocycles. The van der Waals surface area contributed by atoms with Crippen LogP contribution in [-0.4, -0.2) is 63.0 Å². The first kappa shape index (κ1) is 12.5. The van der Waals surface area contributed by atoms with E-state index < -0.39 is 0 Å². The highest BCUT2D eigenvalue weighted by Crippen LogP contribution is 2.15. The minimum absolute atomic E-state index is 0.208. The van der Waals surface area contributed by atoms with Gasteiger partial charge in [-0.15, -0.1) is 0 Å². The summed E-state index contributed by atoms with van der Waals surface area (Å²) in [5.74, 6) is 0.916. The molecule has 1 aliphatic heterocycles. The van der Waals surface area contributed by atoms with Crippen LogP contribution in [0, 0.1) is 5.92 Å². The smallest absolute Gasteiger partial charge is 0.236 e. The summed E-state index contributed by atoms with van der Waals surface area (Å²) in [7, 11) is 5.62. The van der Waals surface area contributed by atoms with Crippen molar-refractivity contribution >= 4 is 5.91 Å². The van der Waals surface area contributed by atoms with Crippen LogP contribution < -0.4 is 5.32 Å². The number of nitrogens with one attached hydrogen (secondary N) is 1. The zero-order valence-corrected chi connectivity index (χ0v) is 10.1. The van der Waals surface area contributed by atoms with Crippen LogP contribution in [-0.2, 0) is 4.79 Å². The zero-order valence-electron chi connectivity index (χ0n) is 10.1. The Labute approximate surface area is 92.6 Å². The van der Waals surface area contributed by atoms with Gasteiger partial charge in [0.1, 0.15) is 0 Å². The molecule has 1 fully saturated rings. The summed E-state index contributed by atoms with van der Waals surface area (Å²) >= 11 is 0. The third-order valence-electron chi connectivity index (χ3n) is 2.95. The minimum Gasteiger partial charge on any atom is -0.348 e. The van der Waals surface area contributed by atoms with Crippen molar-refractivity contribution in [2.24, 2.45) is 5.92 Å². The van der Waals surface area contributed by atoms with E-state index in [2.05, 4.69) is 10.2 Å². The molecule has 1 atom stereocenters. The summed E-state index contributed by atoms with van der Waals surface area (Å²) < 4.78 is 0. The lowest BCUT2D eigenvalue weighted by atomic mass is 9.98. The lowest BCUT2D eigenvalue weighted by Gasteiger charge is -2.32. The SMILES string of the molecule is CNCC1CCCN(CC(=O)N(C)C)C1. The third-order valence-corrected chi connectivity index (χ3v) is 2.95. The van der Waals surface area contributed by atoms with Crippen LogP contribution in [0.5, 0.6) is 0 Å². The zero-order chi connectivity index (χ0) is 11.3. The number of piperidine rings is 1. The summed E-state index contributed by atoms with van der Waals surface area (Å²) in [5, 5.41) is 3.21. The number of carbonyl (C=O) groups is 1. The van der Waals surface area contributed by atoms with E-state index in [0.717, 1.165) is 19.6 Å². The highest BCUT2D eigenvalue weighted by Gasteiger charge is 2.21.